The number of nitrogens with zero attached hydrogens (tertiary/aromatic N) is 1. The Balaban J connectivity index is 1.72. The Hall–Kier alpha value is -3.22. The average Bonchev–Trinajstić information content (AvgIpc) is 3.24. The van der Waals surface area contributed by atoms with Gasteiger partial charge in [0.05, 0.1) is 13.2 Å². The van der Waals surface area contributed by atoms with Crippen molar-refractivity contribution < 1.29 is 19.4 Å². The summed E-state index contributed by atoms with van der Waals surface area (Å²) in [6, 6.07) is 20.1. The minimum Gasteiger partial charge on any atom is -0.497 e. The molecule has 3 aromatic rings. The predicted molar refractivity (Wildman–Crippen MR) is 124 cm³/mol. The highest BCUT2D eigenvalue weighted by molar-refractivity contribution is 6.30. The molecule has 1 heterocycles. The number of aliphatic imine (C=N–C) groups is 1. The standard InChI is InChI=1S/C24H20Cl2N2O4/c1-31-19-10-16(11-20(12-19)32-13-21(29)30)24-27-22(14-2-6-17(25)7-3-14)23(28-24)15-4-8-18(26)9-5-15/h2-12,22-23H,13H2,1H3,(H,27,28)(H,29,30)/t22-,23+. The molecule has 1 aliphatic heterocycles. The highest BCUT2D eigenvalue weighted by Gasteiger charge is 2.32. The van der Waals surface area contributed by atoms with E-state index in [0.29, 0.717) is 27.4 Å². The van der Waals surface area contributed by atoms with E-state index in [1.165, 1.54) is 7.11 Å². The number of carboxylic acid groups (broad SMARTS) is 1. The zero-order valence-electron chi connectivity index (χ0n) is 17.1. The number of halogens is 2. The van der Waals surface area contributed by atoms with E-state index < -0.39 is 12.6 Å². The Morgan fingerprint density at radius 2 is 1.56 bits per heavy atom. The summed E-state index contributed by atoms with van der Waals surface area (Å²) in [5.41, 5.74) is 2.75. The van der Waals surface area contributed by atoms with Gasteiger partial charge in [0.1, 0.15) is 23.4 Å². The van der Waals surface area contributed by atoms with Crippen molar-refractivity contribution in [3.63, 3.8) is 0 Å². The maximum atomic E-state index is 10.9. The van der Waals surface area contributed by atoms with Crippen LogP contribution in [0, 0.1) is 0 Å². The van der Waals surface area contributed by atoms with E-state index in [1.54, 1.807) is 12.1 Å². The maximum Gasteiger partial charge on any atom is 0.341 e. The lowest BCUT2D eigenvalue weighted by molar-refractivity contribution is -0.139. The van der Waals surface area contributed by atoms with Crippen molar-refractivity contribution in [3.8, 4) is 11.5 Å². The highest BCUT2D eigenvalue weighted by Crippen LogP contribution is 2.38. The normalized spacial score (nSPS) is 17.4. The summed E-state index contributed by atoms with van der Waals surface area (Å²) in [7, 11) is 1.54. The van der Waals surface area contributed by atoms with Crippen LogP contribution in [0.15, 0.2) is 71.7 Å². The first-order valence-electron chi connectivity index (χ1n) is 9.82. The number of methoxy groups -OCH3 is 1. The summed E-state index contributed by atoms with van der Waals surface area (Å²) < 4.78 is 10.7. The molecule has 0 radical (unpaired) electrons. The van der Waals surface area contributed by atoms with Gasteiger partial charge >= 0.3 is 5.97 Å². The molecular formula is C24H20Cl2N2O4. The van der Waals surface area contributed by atoms with Crippen molar-refractivity contribution in [3.05, 3.63) is 93.5 Å². The molecule has 32 heavy (non-hydrogen) atoms. The lowest BCUT2D eigenvalue weighted by Gasteiger charge is -2.20. The first-order valence-corrected chi connectivity index (χ1v) is 10.6. The summed E-state index contributed by atoms with van der Waals surface area (Å²) in [5.74, 6) is 0.495. The van der Waals surface area contributed by atoms with E-state index in [-0.39, 0.29) is 12.1 Å². The number of hydrogen-bond donors (Lipinski definition) is 2. The monoisotopic (exact) mass is 470 g/mol. The van der Waals surface area contributed by atoms with Crippen LogP contribution in [0.25, 0.3) is 0 Å². The Kier molecular flexibility index (Phi) is 6.53. The number of amidine groups is 1. The molecule has 0 saturated carbocycles. The Bertz CT molecular complexity index is 1150. The Morgan fingerprint density at radius 1 is 0.969 bits per heavy atom. The van der Waals surface area contributed by atoms with Crippen molar-refractivity contribution in [2.45, 2.75) is 12.1 Å². The van der Waals surface area contributed by atoms with E-state index in [0.717, 1.165) is 16.7 Å². The van der Waals surface area contributed by atoms with Gasteiger partial charge < -0.3 is 19.9 Å². The van der Waals surface area contributed by atoms with Crippen LogP contribution in [0.3, 0.4) is 0 Å². The molecule has 164 valence electrons. The highest BCUT2D eigenvalue weighted by atomic mass is 35.5. The predicted octanol–water partition coefficient (Wildman–Crippen LogP) is 5.30. The fourth-order valence-corrected chi connectivity index (χ4v) is 3.80. The molecule has 3 aromatic carbocycles. The smallest absolute Gasteiger partial charge is 0.341 e. The van der Waals surface area contributed by atoms with E-state index in [4.69, 9.17) is 42.8 Å². The van der Waals surface area contributed by atoms with Gasteiger partial charge in [-0.25, -0.2) is 4.79 Å². The SMILES string of the molecule is COc1cc(OCC(=O)O)cc(C2=N[C@@H](c3ccc(Cl)cc3)[C@@H](c3ccc(Cl)cc3)N2)c1. The number of carbonyl (C=O) groups is 1. The van der Waals surface area contributed by atoms with E-state index in [1.807, 2.05) is 54.6 Å². The van der Waals surface area contributed by atoms with Gasteiger partial charge in [-0.05, 0) is 47.5 Å². The van der Waals surface area contributed by atoms with Crippen molar-refractivity contribution >= 4 is 35.0 Å². The zero-order valence-corrected chi connectivity index (χ0v) is 18.6. The molecule has 0 spiro atoms. The van der Waals surface area contributed by atoms with Gasteiger partial charge in [-0.15, -0.1) is 0 Å². The summed E-state index contributed by atoms with van der Waals surface area (Å²) >= 11 is 12.2. The molecule has 0 fully saturated rings. The van der Waals surface area contributed by atoms with E-state index in [9.17, 15) is 4.79 Å². The van der Waals surface area contributed by atoms with E-state index >= 15 is 0 Å². The molecule has 8 heteroatoms. The molecule has 6 nitrogen and oxygen atoms in total. The molecule has 0 saturated heterocycles. The van der Waals surface area contributed by atoms with Crippen LogP contribution in [0.4, 0.5) is 0 Å². The molecule has 2 atom stereocenters. The zero-order chi connectivity index (χ0) is 22.7. The summed E-state index contributed by atoms with van der Waals surface area (Å²) in [4.78, 5) is 15.9. The maximum absolute atomic E-state index is 10.9. The molecule has 0 aromatic heterocycles. The summed E-state index contributed by atoms with van der Waals surface area (Å²) in [6.07, 6.45) is 0. The van der Waals surface area contributed by atoms with Crippen LogP contribution in [-0.4, -0.2) is 30.6 Å². The molecule has 2 N–H and O–H groups in total. The molecule has 0 amide bonds. The van der Waals surface area contributed by atoms with E-state index in [2.05, 4.69) is 5.32 Å². The number of hydrogen-bond acceptors (Lipinski definition) is 5. The van der Waals surface area contributed by atoms with Crippen LogP contribution < -0.4 is 14.8 Å². The minimum absolute atomic E-state index is 0.141. The van der Waals surface area contributed by atoms with Crippen molar-refractivity contribution in [2.75, 3.05) is 13.7 Å². The van der Waals surface area contributed by atoms with Gasteiger partial charge in [-0.1, -0.05) is 47.5 Å². The van der Waals surface area contributed by atoms with Gasteiger partial charge in [-0.2, -0.15) is 0 Å². The third kappa shape index (κ3) is 4.98. The first-order chi connectivity index (χ1) is 15.4. The fourth-order valence-electron chi connectivity index (χ4n) is 3.55. The number of benzene rings is 3. The average molecular weight is 471 g/mol. The number of rotatable bonds is 7. The number of carboxylic acids is 1. The second-order valence-corrected chi connectivity index (χ2v) is 8.10. The molecular weight excluding hydrogens is 451 g/mol. The summed E-state index contributed by atoms with van der Waals surface area (Å²) in [6.45, 7) is -0.451. The molecule has 4 rings (SSSR count). The topological polar surface area (TPSA) is 80.2 Å². The van der Waals surface area contributed by atoms with Crippen molar-refractivity contribution in [1.29, 1.82) is 0 Å². The molecule has 0 bridgehead atoms. The first kappa shape index (κ1) is 22.0. The number of ether oxygens (including phenoxy) is 2. The van der Waals surface area contributed by atoms with Crippen molar-refractivity contribution in [1.82, 2.24) is 5.32 Å². The van der Waals surface area contributed by atoms with Gasteiger partial charge in [0.25, 0.3) is 0 Å². The number of nitrogens with one attached hydrogen (secondary N) is 1. The third-order valence-corrected chi connectivity index (χ3v) is 5.57. The Labute approximate surface area is 195 Å². The van der Waals surface area contributed by atoms with Gasteiger partial charge in [0, 0.05) is 21.7 Å². The van der Waals surface area contributed by atoms with Crippen LogP contribution >= 0.6 is 23.2 Å². The molecule has 1 aliphatic rings. The van der Waals surface area contributed by atoms with Crippen LogP contribution in [0.5, 0.6) is 11.5 Å². The lowest BCUT2D eigenvalue weighted by atomic mass is 9.95. The van der Waals surface area contributed by atoms with Crippen LogP contribution in [0.1, 0.15) is 28.8 Å². The van der Waals surface area contributed by atoms with Gasteiger partial charge in [-0.3, -0.25) is 4.99 Å². The quantitative estimate of drug-likeness (QED) is 0.489. The van der Waals surface area contributed by atoms with Crippen molar-refractivity contribution in [2.24, 2.45) is 4.99 Å². The third-order valence-electron chi connectivity index (χ3n) is 5.07. The van der Waals surface area contributed by atoms with Gasteiger partial charge in [0.2, 0.25) is 0 Å². The fraction of sp³-hybridized carbons (Fsp3) is 0.167. The van der Waals surface area contributed by atoms with Crippen LogP contribution in [-0.2, 0) is 4.79 Å². The Morgan fingerprint density at radius 3 is 2.16 bits per heavy atom. The lowest BCUT2D eigenvalue weighted by Crippen LogP contribution is -2.25. The summed E-state index contributed by atoms with van der Waals surface area (Å²) in [5, 5.41) is 13.7. The van der Waals surface area contributed by atoms with Gasteiger partial charge in [0.15, 0.2) is 6.61 Å². The number of aliphatic carboxylic acids is 1. The molecule has 0 unspecified atom stereocenters. The van der Waals surface area contributed by atoms with Crippen LogP contribution in [0.2, 0.25) is 10.0 Å². The minimum atomic E-state index is -1.06. The second-order valence-electron chi connectivity index (χ2n) is 7.23. The largest absolute Gasteiger partial charge is 0.497 e. The molecule has 0 aliphatic carbocycles. The second kappa shape index (κ2) is 9.51.